The Hall–Kier alpha value is -9.18. The molecule has 1 spiro atoms. The summed E-state index contributed by atoms with van der Waals surface area (Å²) >= 11 is 0. The molecule has 13 aromatic rings. The summed E-state index contributed by atoms with van der Waals surface area (Å²) in [7, 11) is 0. The van der Waals surface area contributed by atoms with Crippen molar-refractivity contribution >= 4 is 60.8 Å². The van der Waals surface area contributed by atoms with Crippen LogP contribution < -0.4 is 4.90 Å². The number of rotatable bonds is 5. The standard InChI is InChI=1S/C70H46N2O/c1-69(2)54-29-14-9-24-47(54)50-38-36-43(40-59(50)69)65-67-52-39-37-46(41-61(52)72(45-22-7-4-8-23-45)62(67)42-64-68(65)53-28-13-18-35-63(53)73-64)71(44-20-5-3-6-21-44)60-34-19-33-58-66(60)51-27-12-17-32-57(51)70(58)55-30-15-10-25-48(55)49-26-11-16-31-56(49)70/h3-42H,1-2H3. The summed E-state index contributed by atoms with van der Waals surface area (Å²) in [6, 6.07) is 90.1. The lowest BCUT2D eigenvalue weighted by molar-refractivity contribution is 0.660. The summed E-state index contributed by atoms with van der Waals surface area (Å²) < 4.78 is 9.37. The van der Waals surface area contributed by atoms with Crippen molar-refractivity contribution < 1.29 is 4.42 Å². The second-order valence-corrected chi connectivity index (χ2v) is 20.7. The van der Waals surface area contributed by atoms with Crippen LogP contribution >= 0.6 is 0 Å². The van der Waals surface area contributed by atoms with Gasteiger partial charge in [-0.15, -0.1) is 0 Å². The molecule has 0 bridgehead atoms. The van der Waals surface area contributed by atoms with Crippen LogP contribution in [0.3, 0.4) is 0 Å². The lowest BCUT2D eigenvalue weighted by Crippen LogP contribution is -2.26. The number of anilines is 3. The summed E-state index contributed by atoms with van der Waals surface area (Å²) in [6.07, 6.45) is 0. The van der Waals surface area contributed by atoms with E-state index in [-0.39, 0.29) is 5.41 Å². The highest BCUT2D eigenvalue weighted by atomic mass is 16.3. The fraction of sp³-hybridized carbons (Fsp3) is 0.0571. The van der Waals surface area contributed by atoms with Gasteiger partial charge in [-0.3, -0.25) is 0 Å². The molecule has 0 N–H and O–H groups in total. The first-order valence-corrected chi connectivity index (χ1v) is 25.5. The highest BCUT2D eigenvalue weighted by Crippen LogP contribution is 2.65. The van der Waals surface area contributed by atoms with Crippen LogP contribution in [0.2, 0.25) is 0 Å². The lowest BCUT2D eigenvalue weighted by atomic mass is 9.70. The Morgan fingerprint density at radius 2 is 0.959 bits per heavy atom. The van der Waals surface area contributed by atoms with Crippen LogP contribution in [0, 0.1) is 0 Å². The Bertz CT molecular complexity index is 4430. The van der Waals surface area contributed by atoms with Gasteiger partial charge in [0, 0.05) is 61.2 Å². The Morgan fingerprint density at radius 1 is 0.370 bits per heavy atom. The fourth-order valence-corrected chi connectivity index (χ4v) is 13.8. The van der Waals surface area contributed by atoms with Gasteiger partial charge in [-0.25, -0.2) is 0 Å². The number of para-hydroxylation sites is 3. The van der Waals surface area contributed by atoms with Crippen molar-refractivity contribution in [3.8, 4) is 50.2 Å². The molecule has 11 aromatic carbocycles. The molecule has 342 valence electrons. The number of nitrogens with zero attached hydrogens (tertiary/aromatic N) is 2. The van der Waals surface area contributed by atoms with Crippen LogP contribution in [0.1, 0.15) is 47.2 Å². The maximum Gasteiger partial charge on any atom is 0.138 e. The molecule has 0 radical (unpaired) electrons. The average molecular weight is 931 g/mol. The van der Waals surface area contributed by atoms with Gasteiger partial charge in [0.1, 0.15) is 11.2 Å². The zero-order chi connectivity index (χ0) is 48.2. The lowest BCUT2D eigenvalue weighted by Gasteiger charge is -2.31. The average Bonchev–Trinajstić information content (AvgIpc) is 4.24. The van der Waals surface area contributed by atoms with Gasteiger partial charge >= 0.3 is 0 Å². The van der Waals surface area contributed by atoms with Crippen LogP contribution in [0.25, 0.3) is 93.9 Å². The monoisotopic (exact) mass is 930 g/mol. The first-order valence-electron chi connectivity index (χ1n) is 25.5. The predicted octanol–water partition coefficient (Wildman–Crippen LogP) is 18.5. The normalized spacial score (nSPS) is 14.1. The van der Waals surface area contributed by atoms with E-state index in [9.17, 15) is 0 Å². The van der Waals surface area contributed by atoms with E-state index in [0.717, 1.165) is 55.7 Å². The van der Waals surface area contributed by atoms with Gasteiger partial charge in [0.25, 0.3) is 0 Å². The van der Waals surface area contributed by atoms with Gasteiger partial charge in [-0.1, -0.05) is 196 Å². The highest BCUT2D eigenvalue weighted by Gasteiger charge is 2.52. The van der Waals surface area contributed by atoms with Crippen molar-refractivity contribution in [2.75, 3.05) is 4.90 Å². The number of furan rings is 1. The number of hydrogen-bond acceptors (Lipinski definition) is 2. The Balaban J connectivity index is 0.993. The zero-order valence-corrected chi connectivity index (χ0v) is 40.4. The molecule has 3 nitrogen and oxygen atoms in total. The van der Waals surface area contributed by atoms with E-state index in [2.05, 4.69) is 266 Å². The summed E-state index contributed by atoms with van der Waals surface area (Å²) in [4.78, 5) is 2.49. The van der Waals surface area contributed by atoms with E-state index < -0.39 is 5.41 Å². The first kappa shape index (κ1) is 40.5. The minimum absolute atomic E-state index is 0.163. The third kappa shape index (κ3) is 5.28. The molecule has 0 saturated heterocycles. The molecule has 3 aliphatic carbocycles. The van der Waals surface area contributed by atoms with Crippen LogP contribution in [0.5, 0.6) is 0 Å². The van der Waals surface area contributed by atoms with Crippen molar-refractivity contribution in [1.82, 2.24) is 4.57 Å². The van der Waals surface area contributed by atoms with E-state index >= 15 is 0 Å². The molecule has 3 heteroatoms. The SMILES string of the molecule is CC1(C)c2ccccc2-c2ccc(-c3c4c(cc5c3c3ccc(N(c6ccccc6)c6cccc7c6-c6ccccc6C76c7ccccc7-c7ccccc76)cc3n5-c3ccccc3)oc3ccccc34)cc21. The van der Waals surface area contributed by atoms with Gasteiger partial charge in [0.05, 0.1) is 22.1 Å². The molecular formula is C70H46N2O. The van der Waals surface area contributed by atoms with Crippen LogP contribution in [0.4, 0.5) is 17.1 Å². The maximum absolute atomic E-state index is 6.90. The van der Waals surface area contributed by atoms with Gasteiger partial charge in [0.15, 0.2) is 0 Å². The first-order chi connectivity index (χ1) is 36.0. The van der Waals surface area contributed by atoms with Gasteiger partial charge in [0.2, 0.25) is 0 Å². The molecule has 0 aliphatic heterocycles. The fourth-order valence-electron chi connectivity index (χ4n) is 13.8. The second kappa shape index (κ2) is 14.7. The van der Waals surface area contributed by atoms with Gasteiger partial charge in [-0.2, -0.15) is 0 Å². The summed E-state index contributed by atoms with van der Waals surface area (Å²) in [5.41, 5.74) is 25.9. The molecule has 0 fully saturated rings. The molecule has 0 saturated carbocycles. The molecule has 3 aliphatic rings. The van der Waals surface area contributed by atoms with Crippen molar-refractivity contribution in [2.24, 2.45) is 0 Å². The highest BCUT2D eigenvalue weighted by molar-refractivity contribution is 6.27. The Labute approximate surface area is 423 Å². The van der Waals surface area contributed by atoms with E-state index in [1.807, 2.05) is 0 Å². The minimum atomic E-state index is -0.464. The third-order valence-electron chi connectivity index (χ3n) is 16.8. The van der Waals surface area contributed by atoms with E-state index in [4.69, 9.17) is 4.42 Å². The quantitative estimate of drug-likeness (QED) is 0.171. The number of hydrogen-bond donors (Lipinski definition) is 0. The Morgan fingerprint density at radius 3 is 1.70 bits per heavy atom. The number of benzene rings is 11. The molecule has 2 heterocycles. The van der Waals surface area contributed by atoms with Gasteiger partial charge in [-0.05, 0) is 121 Å². The van der Waals surface area contributed by atoms with E-state index in [0.29, 0.717) is 0 Å². The van der Waals surface area contributed by atoms with Crippen molar-refractivity contribution in [2.45, 2.75) is 24.7 Å². The maximum atomic E-state index is 6.90. The number of aromatic nitrogens is 1. The molecule has 73 heavy (non-hydrogen) atoms. The molecule has 0 amide bonds. The summed E-state index contributed by atoms with van der Waals surface area (Å²) in [5, 5.41) is 4.65. The molecule has 0 atom stereocenters. The minimum Gasteiger partial charge on any atom is -0.456 e. The molecule has 0 unspecified atom stereocenters. The molecule has 2 aromatic heterocycles. The van der Waals surface area contributed by atoms with Crippen molar-refractivity contribution in [1.29, 1.82) is 0 Å². The van der Waals surface area contributed by atoms with Crippen molar-refractivity contribution in [3.63, 3.8) is 0 Å². The predicted molar refractivity (Wildman–Crippen MR) is 302 cm³/mol. The Kier molecular flexibility index (Phi) is 8.16. The van der Waals surface area contributed by atoms with Crippen LogP contribution in [0.15, 0.2) is 247 Å². The van der Waals surface area contributed by atoms with E-state index in [1.165, 1.54) is 88.7 Å². The molecule has 16 rings (SSSR count). The largest absolute Gasteiger partial charge is 0.456 e. The molecular weight excluding hydrogens is 885 g/mol. The smallest absolute Gasteiger partial charge is 0.138 e. The summed E-state index contributed by atoms with van der Waals surface area (Å²) in [5.74, 6) is 0. The second-order valence-electron chi connectivity index (χ2n) is 20.7. The van der Waals surface area contributed by atoms with Crippen LogP contribution in [-0.4, -0.2) is 4.57 Å². The number of fused-ring (bicyclic) bond motifs is 19. The summed E-state index contributed by atoms with van der Waals surface area (Å²) in [6.45, 7) is 4.75. The van der Waals surface area contributed by atoms with E-state index in [1.54, 1.807) is 0 Å². The van der Waals surface area contributed by atoms with Gasteiger partial charge < -0.3 is 13.9 Å². The third-order valence-corrected chi connectivity index (χ3v) is 16.8. The van der Waals surface area contributed by atoms with Crippen LogP contribution in [-0.2, 0) is 10.8 Å². The zero-order valence-electron chi connectivity index (χ0n) is 40.4. The van der Waals surface area contributed by atoms with Crippen molar-refractivity contribution in [3.05, 3.63) is 276 Å². The topological polar surface area (TPSA) is 21.3 Å².